The molecule has 1 saturated heterocycles. The molecule has 2 spiro atoms. The largest absolute Gasteiger partial charge is 0.348 e. The molecule has 0 amide bonds. The fourth-order valence-corrected chi connectivity index (χ4v) is 3.41. The van der Waals surface area contributed by atoms with Crippen molar-refractivity contribution >= 4 is 0 Å². The standard InChI is InChI=1S/C12H17NO2/c1-10(9-13)8-11(10)2-4-12(5-3-11)14-6-7-15-12/h2-8H2,1H3. The van der Waals surface area contributed by atoms with Gasteiger partial charge < -0.3 is 9.47 Å². The molecule has 0 aromatic rings. The third kappa shape index (κ3) is 1.18. The van der Waals surface area contributed by atoms with E-state index in [1.807, 2.05) is 0 Å². The first-order valence-electron chi connectivity index (χ1n) is 5.83. The van der Waals surface area contributed by atoms with Crippen molar-refractivity contribution in [1.29, 1.82) is 5.26 Å². The van der Waals surface area contributed by atoms with Crippen molar-refractivity contribution in [3.8, 4) is 6.07 Å². The predicted octanol–water partition coefficient (Wildman–Crippen LogP) is 2.22. The first kappa shape index (κ1) is 9.62. The molecule has 1 atom stereocenters. The summed E-state index contributed by atoms with van der Waals surface area (Å²) in [6.45, 7) is 3.58. The number of hydrogen-bond donors (Lipinski definition) is 0. The lowest BCUT2D eigenvalue weighted by Crippen LogP contribution is -2.36. The molecule has 3 nitrogen and oxygen atoms in total. The molecule has 0 radical (unpaired) electrons. The minimum absolute atomic E-state index is 0.0623. The highest BCUT2D eigenvalue weighted by Crippen LogP contribution is 2.71. The Kier molecular flexibility index (Phi) is 1.76. The highest BCUT2D eigenvalue weighted by Gasteiger charge is 2.66. The summed E-state index contributed by atoms with van der Waals surface area (Å²) in [5.74, 6) is -0.274. The van der Waals surface area contributed by atoms with Gasteiger partial charge >= 0.3 is 0 Å². The van der Waals surface area contributed by atoms with E-state index in [1.54, 1.807) is 0 Å². The van der Waals surface area contributed by atoms with E-state index in [1.165, 1.54) is 0 Å². The van der Waals surface area contributed by atoms with Gasteiger partial charge in [0.05, 0.1) is 24.7 Å². The molecule has 2 saturated carbocycles. The number of hydrogen-bond acceptors (Lipinski definition) is 3. The lowest BCUT2D eigenvalue weighted by Gasteiger charge is -2.36. The normalized spacial score (nSPS) is 40.5. The molecule has 15 heavy (non-hydrogen) atoms. The van der Waals surface area contributed by atoms with Crippen molar-refractivity contribution in [3.63, 3.8) is 0 Å². The molecule has 3 heteroatoms. The molecule has 82 valence electrons. The molecule has 1 heterocycles. The van der Waals surface area contributed by atoms with Crippen LogP contribution in [0.25, 0.3) is 0 Å². The molecule has 0 aromatic carbocycles. The van der Waals surface area contributed by atoms with E-state index in [4.69, 9.17) is 14.7 Å². The molecule has 0 bridgehead atoms. The smallest absolute Gasteiger partial charge is 0.168 e. The van der Waals surface area contributed by atoms with Gasteiger partial charge in [0.1, 0.15) is 0 Å². The summed E-state index contributed by atoms with van der Waals surface area (Å²) in [5, 5.41) is 9.13. The Morgan fingerprint density at radius 2 is 1.67 bits per heavy atom. The van der Waals surface area contributed by atoms with E-state index >= 15 is 0 Å². The fourth-order valence-electron chi connectivity index (χ4n) is 3.41. The molecular weight excluding hydrogens is 190 g/mol. The number of rotatable bonds is 0. The number of nitriles is 1. The van der Waals surface area contributed by atoms with E-state index in [0.29, 0.717) is 5.41 Å². The van der Waals surface area contributed by atoms with Gasteiger partial charge in [-0.1, -0.05) is 0 Å². The first-order valence-corrected chi connectivity index (χ1v) is 5.83. The Morgan fingerprint density at radius 1 is 1.07 bits per heavy atom. The zero-order valence-corrected chi connectivity index (χ0v) is 9.21. The fraction of sp³-hybridized carbons (Fsp3) is 0.917. The van der Waals surface area contributed by atoms with Crippen LogP contribution in [0.3, 0.4) is 0 Å². The van der Waals surface area contributed by atoms with E-state index in [0.717, 1.165) is 45.3 Å². The van der Waals surface area contributed by atoms with Gasteiger partial charge in [0.2, 0.25) is 0 Å². The Hall–Kier alpha value is -0.590. The van der Waals surface area contributed by atoms with Crippen molar-refractivity contribution in [2.75, 3.05) is 13.2 Å². The molecule has 3 fully saturated rings. The lowest BCUT2D eigenvalue weighted by molar-refractivity contribution is -0.185. The zero-order valence-electron chi connectivity index (χ0n) is 9.21. The third-order valence-electron chi connectivity index (χ3n) is 4.77. The summed E-state index contributed by atoms with van der Waals surface area (Å²) in [4.78, 5) is 0. The summed E-state index contributed by atoms with van der Waals surface area (Å²) in [7, 11) is 0. The Balaban J connectivity index is 1.70. The number of ether oxygens (including phenoxy) is 2. The van der Waals surface area contributed by atoms with Gasteiger partial charge in [0, 0.05) is 12.8 Å². The van der Waals surface area contributed by atoms with Gasteiger partial charge in [-0.15, -0.1) is 0 Å². The molecular formula is C12H17NO2. The summed E-state index contributed by atoms with van der Waals surface area (Å²) in [5.41, 5.74) is 0.232. The Bertz CT molecular complexity index is 317. The SMILES string of the molecule is CC1(C#N)CC12CCC1(CC2)OCCO1. The second-order valence-electron chi connectivity index (χ2n) is 5.51. The van der Waals surface area contributed by atoms with Crippen molar-refractivity contribution in [2.24, 2.45) is 10.8 Å². The number of nitrogens with zero attached hydrogens (tertiary/aromatic N) is 1. The molecule has 3 rings (SSSR count). The van der Waals surface area contributed by atoms with Crippen molar-refractivity contribution in [2.45, 2.75) is 44.8 Å². The predicted molar refractivity (Wildman–Crippen MR) is 53.9 cm³/mol. The van der Waals surface area contributed by atoms with Gasteiger partial charge in [-0.2, -0.15) is 5.26 Å². The van der Waals surface area contributed by atoms with Crippen LogP contribution in [0.5, 0.6) is 0 Å². The van der Waals surface area contributed by atoms with Crippen LogP contribution in [0.1, 0.15) is 39.0 Å². The van der Waals surface area contributed by atoms with Gasteiger partial charge in [0.15, 0.2) is 5.79 Å². The second kappa shape index (κ2) is 2.75. The van der Waals surface area contributed by atoms with Gasteiger partial charge in [-0.3, -0.25) is 0 Å². The van der Waals surface area contributed by atoms with Crippen LogP contribution in [0.4, 0.5) is 0 Å². The van der Waals surface area contributed by atoms with Crippen LogP contribution < -0.4 is 0 Å². The van der Waals surface area contributed by atoms with Crippen LogP contribution >= 0.6 is 0 Å². The van der Waals surface area contributed by atoms with Gasteiger partial charge in [0.25, 0.3) is 0 Å². The summed E-state index contributed by atoms with van der Waals surface area (Å²) >= 11 is 0. The average molecular weight is 207 g/mol. The van der Waals surface area contributed by atoms with Crippen molar-refractivity contribution in [1.82, 2.24) is 0 Å². The van der Waals surface area contributed by atoms with Crippen molar-refractivity contribution < 1.29 is 9.47 Å². The minimum Gasteiger partial charge on any atom is -0.348 e. The third-order valence-corrected chi connectivity index (χ3v) is 4.77. The highest BCUT2D eigenvalue weighted by molar-refractivity contribution is 5.23. The van der Waals surface area contributed by atoms with Crippen LogP contribution in [-0.2, 0) is 9.47 Å². The Morgan fingerprint density at radius 3 is 2.13 bits per heavy atom. The molecule has 3 aliphatic rings. The van der Waals surface area contributed by atoms with Gasteiger partial charge in [-0.25, -0.2) is 0 Å². The van der Waals surface area contributed by atoms with Crippen LogP contribution in [0.15, 0.2) is 0 Å². The second-order valence-corrected chi connectivity index (χ2v) is 5.51. The van der Waals surface area contributed by atoms with E-state index in [-0.39, 0.29) is 11.2 Å². The maximum Gasteiger partial charge on any atom is 0.168 e. The van der Waals surface area contributed by atoms with E-state index in [2.05, 4.69) is 13.0 Å². The van der Waals surface area contributed by atoms with E-state index in [9.17, 15) is 0 Å². The van der Waals surface area contributed by atoms with Crippen LogP contribution in [0.2, 0.25) is 0 Å². The monoisotopic (exact) mass is 207 g/mol. The molecule has 0 N–H and O–H groups in total. The first-order chi connectivity index (χ1) is 7.14. The zero-order chi connectivity index (χ0) is 10.6. The van der Waals surface area contributed by atoms with Crippen LogP contribution in [-0.4, -0.2) is 19.0 Å². The molecule has 0 aromatic heterocycles. The minimum atomic E-state index is -0.274. The quantitative estimate of drug-likeness (QED) is 0.611. The topological polar surface area (TPSA) is 42.2 Å². The van der Waals surface area contributed by atoms with Crippen molar-refractivity contribution in [3.05, 3.63) is 0 Å². The Labute approximate surface area is 90.4 Å². The lowest BCUT2D eigenvalue weighted by atomic mass is 9.78. The van der Waals surface area contributed by atoms with Crippen LogP contribution in [0, 0.1) is 22.2 Å². The average Bonchev–Trinajstić information content (AvgIpc) is 2.62. The maximum absolute atomic E-state index is 9.13. The highest BCUT2D eigenvalue weighted by atomic mass is 16.7. The maximum atomic E-state index is 9.13. The summed E-state index contributed by atoms with van der Waals surface area (Å²) in [6.07, 6.45) is 5.22. The van der Waals surface area contributed by atoms with Gasteiger partial charge in [-0.05, 0) is 31.6 Å². The molecule has 1 unspecified atom stereocenters. The summed E-state index contributed by atoms with van der Waals surface area (Å²) < 4.78 is 11.4. The molecule has 2 aliphatic carbocycles. The van der Waals surface area contributed by atoms with E-state index < -0.39 is 0 Å². The summed E-state index contributed by atoms with van der Waals surface area (Å²) in [6, 6.07) is 2.47. The molecule has 1 aliphatic heterocycles.